The van der Waals surface area contributed by atoms with Crippen LogP contribution in [0.15, 0.2) is 0 Å². The highest BCUT2D eigenvalue weighted by Gasteiger charge is 2.22. The maximum Gasteiger partial charge on any atom is 0.169 e. The van der Waals surface area contributed by atoms with Gasteiger partial charge in [0.05, 0.1) is 11.5 Å². The Labute approximate surface area is 115 Å². The monoisotopic (exact) mass is 290 g/mol. The minimum atomic E-state index is -2.85. The fourth-order valence-electron chi connectivity index (χ4n) is 2.65. The summed E-state index contributed by atoms with van der Waals surface area (Å²) in [6.07, 6.45) is 6.93. The molecule has 1 N–H and O–H groups in total. The number of rotatable bonds is 1. The Morgan fingerprint density at radius 2 is 1.78 bits per heavy atom. The van der Waals surface area contributed by atoms with Crippen LogP contribution in [0.5, 0.6) is 0 Å². The van der Waals surface area contributed by atoms with Gasteiger partial charge in [-0.15, -0.1) is 0 Å². The van der Waals surface area contributed by atoms with E-state index in [4.69, 9.17) is 12.2 Å². The van der Waals surface area contributed by atoms with E-state index in [1.54, 1.807) is 0 Å². The van der Waals surface area contributed by atoms with Crippen molar-refractivity contribution in [2.75, 3.05) is 24.6 Å². The van der Waals surface area contributed by atoms with Crippen LogP contribution in [0.3, 0.4) is 0 Å². The van der Waals surface area contributed by atoms with Crippen LogP contribution in [-0.4, -0.2) is 49.1 Å². The van der Waals surface area contributed by atoms with E-state index in [1.807, 2.05) is 4.90 Å². The molecule has 2 fully saturated rings. The molecule has 1 aliphatic carbocycles. The average molecular weight is 290 g/mol. The summed E-state index contributed by atoms with van der Waals surface area (Å²) in [5.74, 6) is 0.537. The molecule has 1 heterocycles. The number of hydrogen-bond donors (Lipinski definition) is 1. The van der Waals surface area contributed by atoms with E-state index < -0.39 is 9.84 Å². The third-order valence-electron chi connectivity index (χ3n) is 3.78. The SMILES string of the molecule is O=S1(=O)CCCN(C(=S)NC2CCCCC2)CC1. The molecule has 0 unspecified atom stereocenters. The predicted octanol–water partition coefficient (Wildman–Crippen LogP) is 1.31. The lowest BCUT2D eigenvalue weighted by molar-refractivity contribution is 0.382. The molecule has 1 aliphatic heterocycles. The van der Waals surface area contributed by atoms with Gasteiger partial charge in [0.15, 0.2) is 14.9 Å². The molecule has 6 heteroatoms. The Bertz CT molecular complexity index is 389. The van der Waals surface area contributed by atoms with Crippen molar-refractivity contribution in [1.82, 2.24) is 10.2 Å². The van der Waals surface area contributed by atoms with Gasteiger partial charge in [0, 0.05) is 19.1 Å². The molecule has 1 saturated carbocycles. The predicted molar refractivity (Wildman–Crippen MR) is 77.5 cm³/mol. The van der Waals surface area contributed by atoms with Crippen LogP contribution in [0.2, 0.25) is 0 Å². The number of nitrogens with one attached hydrogen (secondary N) is 1. The van der Waals surface area contributed by atoms with Gasteiger partial charge in [-0.3, -0.25) is 0 Å². The lowest BCUT2D eigenvalue weighted by atomic mass is 9.96. The fraction of sp³-hybridized carbons (Fsp3) is 0.917. The second-order valence-electron chi connectivity index (χ2n) is 5.28. The molecule has 104 valence electrons. The lowest BCUT2D eigenvalue weighted by Crippen LogP contribution is -2.46. The van der Waals surface area contributed by atoms with E-state index in [0.29, 0.717) is 24.8 Å². The molecule has 0 amide bonds. The molecular formula is C12H22N2O2S2. The molecule has 18 heavy (non-hydrogen) atoms. The average Bonchev–Trinajstić information content (AvgIpc) is 2.51. The Morgan fingerprint density at radius 1 is 1.06 bits per heavy atom. The standard InChI is InChI=1S/C12H22N2O2S2/c15-18(16)9-4-7-14(8-10-18)12(17)13-11-5-2-1-3-6-11/h11H,1-10H2,(H,13,17). The third kappa shape index (κ3) is 4.09. The molecular weight excluding hydrogens is 268 g/mol. The highest BCUT2D eigenvalue weighted by molar-refractivity contribution is 7.91. The molecule has 0 spiro atoms. The molecule has 0 aromatic carbocycles. The Kier molecular flexibility index (Phi) is 4.84. The molecule has 2 aliphatic rings. The minimum absolute atomic E-state index is 0.236. The van der Waals surface area contributed by atoms with Gasteiger partial charge in [-0.2, -0.15) is 0 Å². The summed E-state index contributed by atoms with van der Waals surface area (Å²) < 4.78 is 23.1. The van der Waals surface area contributed by atoms with Crippen LogP contribution in [-0.2, 0) is 9.84 Å². The zero-order valence-corrected chi connectivity index (χ0v) is 12.4. The van der Waals surface area contributed by atoms with E-state index in [-0.39, 0.29) is 5.75 Å². The summed E-state index contributed by atoms with van der Waals surface area (Å²) in [6, 6.07) is 0.492. The molecule has 2 rings (SSSR count). The van der Waals surface area contributed by atoms with Crippen molar-refractivity contribution in [3.05, 3.63) is 0 Å². The number of thiocarbonyl (C=S) groups is 1. The number of hydrogen-bond acceptors (Lipinski definition) is 3. The van der Waals surface area contributed by atoms with Crippen molar-refractivity contribution in [2.45, 2.75) is 44.6 Å². The van der Waals surface area contributed by atoms with Gasteiger partial charge in [-0.25, -0.2) is 8.42 Å². The first kappa shape index (κ1) is 14.1. The van der Waals surface area contributed by atoms with Gasteiger partial charge >= 0.3 is 0 Å². The zero-order valence-electron chi connectivity index (χ0n) is 10.7. The van der Waals surface area contributed by atoms with Gasteiger partial charge in [0.25, 0.3) is 0 Å². The fourth-order valence-corrected chi connectivity index (χ4v) is 4.28. The van der Waals surface area contributed by atoms with E-state index >= 15 is 0 Å². The van der Waals surface area contributed by atoms with Crippen LogP contribution in [0, 0.1) is 0 Å². The normalized spacial score (nSPS) is 25.4. The quantitative estimate of drug-likeness (QED) is 0.738. The van der Waals surface area contributed by atoms with E-state index in [1.165, 1.54) is 32.1 Å². The third-order valence-corrected chi connectivity index (χ3v) is 5.87. The van der Waals surface area contributed by atoms with E-state index in [2.05, 4.69) is 5.32 Å². The van der Waals surface area contributed by atoms with Crippen molar-refractivity contribution in [2.24, 2.45) is 0 Å². The van der Waals surface area contributed by atoms with Crippen LogP contribution in [0.1, 0.15) is 38.5 Å². The van der Waals surface area contributed by atoms with Crippen LogP contribution in [0.4, 0.5) is 0 Å². The van der Waals surface area contributed by atoms with Crippen LogP contribution >= 0.6 is 12.2 Å². The Morgan fingerprint density at radius 3 is 2.50 bits per heavy atom. The van der Waals surface area contributed by atoms with Gasteiger partial charge < -0.3 is 10.2 Å². The lowest BCUT2D eigenvalue weighted by Gasteiger charge is -2.29. The summed E-state index contributed by atoms with van der Waals surface area (Å²) >= 11 is 5.41. The molecule has 0 atom stereocenters. The second kappa shape index (κ2) is 6.19. The van der Waals surface area contributed by atoms with E-state index in [0.717, 1.165) is 11.7 Å². The molecule has 1 saturated heterocycles. The van der Waals surface area contributed by atoms with Gasteiger partial charge in [-0.1, -0.05) is 19.3 Å². The molecule has 0 radical (unpaired) electrons. The summed E-state index contributed by atoms with van der Waals surface area (Å²) in [5.41, 5.74) is 0. The first-order valence-corrected chi connectivity index (χ1v) is 9.06. The largest absolute Gasteiger partial charge is 0.360 e. The molecule has 0 aromatic rings. The first-order chi connectivity index (χ1) is 8.57. The highest BCUT2D eigenvalue weighted by atomic mass is 32.2. The summed E-state index contributed by atoms with van der Waals surface area (Å²) in [5, 5.41) is 4.16. The van der Waals surface area contributed by atoms with Crippen molar-refractivity contribution in [3.63, 3.8) is 0 Å². The Balaban J connectivity index is 1.84. The summed E-state index contributed by atoms with van der Waals surface area (Å²) in [6.45, 7) is 1.30. The highest BCUT2D eigenvalue weighted by Crippen LogP contribution is 2.17. The smallest absolute Gasteiger partial charge is 0.169 e. The van der Waals surface area contributed by atoms with Crippen molar-refractivity contribution in [1.29, 1.82) is 0 Å². The van der Waals surface area contributed by atoms with Gasteiger partial charge in [0.2, 0.25) is 0 Å². The van der Waals surface area contributed by atoms with Gasteiger partial charge in [-0.05, 0) is 31.5 Å². The van der Waals surface area contributed by atoms with Gasteiger partial charge in [0.1, 0.15) is 0 Å². The first-order valence-electron chi connectivity index (χ1n) is 6.83. The molecule has 0 aromatic heterocycles. The topological polar surface area (TPSA) is 49.4 Å². The minimum Gasteiger partial charge on any atom is -0.360 e. The maximum absolute atomic E-state index is 11.5. The zero-order chi connectivity index (χ0) is 13.0. The van der Waals surface area contributed by atoms with Crippen LogP contribution in [0.25, 0.3) is 0 Å². The summed E-state index contributed by atoms with van der Waals surface area (Å²) in [7, 11) is -2.85. The number of nitrogens with zero attached hydrogens (tertiary/aromatic N) is 1. The Hall–Kier alpha value is -0.360. The van der Waals surface area contributed by atoms with E-state index in [9.17, 15) is 8.42 Å². The number of sulfone groups is 1. The van der Waals surface area contributed by atoms with Crippen molar-refractivity contribution < 1.29 is 8.42 Å². The molecule has 0 bridgehead atoms. The van der Waals surface area contributed by atoms with Crippen molar-refractivity contribution >= 4 is 27.2 Å². The maximum atomic E-state index is 11.5. The van der Waals surface area contributed by atoms with Crippen molar-refractivity contribution in [3.8, 4) is 0 Å². The summed E-state index contributed by atoms with van der Waals surface area (Å²) in [4.78, 5) is 2.02. The van der Waals surface area contributed by atoms with Crippen LogP contribution < -0.4 is 5.32 Å². The molecule has 4 nitrogen and oxygen atoms in total. The second-order valence-corrected chi connectivity index (χ2v) is 7.97.